The number of halogens is 1. The minimum atomic E-state index is -0.455. The highest BCUT2D eigenvalue weighted by Gasteiger charge is 2.23. The molecule has 6 heteroatoms. The van der Waals surface area contributed by atoms with Gasteiger partial charge in [-0.15, -0.1) is 0 Å². The molecule has 2 aromatic rings. The number of nitro groups is 1. The van der Waals surface area contributed by atoms with E-state index >= 15 is 0 Å². The van der Waals surface area contributed by atoms with E-state index in [0.29, 0.717) is 29.3 Å². The maximum Gasteiger partial charge on any atom is 0.334 e. The Kier molecular flexibility index (Phi) is 3.62. The molecule has 0 saturated carbocycles. The second-order valence-electron chi connectivity index (χ2n) is 3.92. The van der Waals surface area contributed by atoms with Crippen molar-refractivity contribution in [1.29, 1.82) is 0 Å². The first-order valence-electron chi connectivity index (χ1n) is 5.42. The highest BCUT2D eigenvalue weighted by atomic mass is 35.5. The van der Waals surface area contributed by atoms with Gasteiger partial charge in [0, 0.05) is 11.4 Å². The number of aryl methyl sites for hydroxylation is 3. The van der Waals surface area contributed by atoms with E-state index in [4.69, 9.17) is 16.1 Å². The third-order valence-corrected chi connectivity index (χ3v) is 2.89. The first-order valence-corrected chi connectivity index (χ1v) is 5.79. The molecule has 2 rings (SSSR count). The van der Waals surface area contributed by atoms with Crippen LogP contribution in [0.4, 0.5) is 5.69 Å². The summed E-state index contributed by atoms with van der Waals surface area (Å²) in [6.07, 6.45) is 1.09. The van der Waals surface area contributed by atoms with Crippen LogP contribution < -0.4 is 0 Å². The molecule has 5 nitrogen and oxygen atoms in total. The Balaban J connectivity index is 2.11. The number of rotatable bonds is 4. The molecule has 0 aliphatic carbocycles. The summed E-state index contributed by atoms with van der Waals surface area (Å²) in [7, 11) is 0. The van der Waals surface area contributed by atoms with Crippen LogP contribution in [0.1, 0.15) is 17.0 Å². The van der Waals surface area contributed by atoms with Gasteiger partial charge in [0.25, 0.3) is 0 Å². The predicted octanol–water partition coefficient (Wildman–Crippen LogP) is 3.33. The maximum absolute atomic E-state index is 10.8. The van der Waals surface area contributed by atoms with Crippen LogP contribution >= 0.6 is 11.6 Å². The van der Waals surface area contributed by atoms with E-state index in [0.717, 1.165) is 5.56 Å². The van der Waals surface area contributed by atoms with Gasteiger partial charge in [0.15, 0.2) is 5.69 Å². The molecule has 94 valence electrons. The second kappa shape index (κ2) is 5.18. The van der Waals surface area contributed by atoms with E-state index in [2.05, 4.69) is 5.16 Å². The molecule has 0 amide bonds. The van der Waals surface area contributed by atoms with E-state index in [1.165, 1.54) is 0 Å². The van der Waals surface area contributed by atoms with Crippen molar-refractivity contribution in [2.45, 2.75) is 19.8 Å². The Morgan fingerprint density at radius 1 is 1.33 bits per heavy atom. The van der Waals surface area contributed by atoms with Gasteiger partial charge in [0.1, 0.15) is 0 Å². The van der Waals surface area contributed by atoms with Gasteiger partial charge in [-0.25, -0.2) is 0 Å². The van der Waals surface area contributed by atoms with E-state index in [1.54, 1.807) is 19.1 Å². The van der Waals surface area contributed by atoms with Gasteiger partial charge in [0.05, 0.1) is 4.92 Å². The number of benzene rings is 1. The van der Waals surface area contributed by atoms with Crippen LogP contribution in [0.25, 0.3) is 0 Å². The molecule has 0 bridgehead atoms. The molecular weight excluding hydrogens is 256 g/mol. The molecular formula is C12H11ClN2O3. The van der Waals surface area contributed by atoms with Crippen molar-refractivity contribution in [2.75, 3.05) is 0 Å². The number of nitrogens with zero attached hydrogens (tertiary/aromatic N) is 2. The van der Waals surface area contributed by atoms with Crippen molar-refractivity contribution in [3.63, 3.8) is 0 Å². The average Bonchev–Trinajstić information content (AvgIpc) is 2.70. The minimum absolute atomic E-state index is 0.0241. The largest absolute Gasteiger partial charge is 0.354 e. The Morgan fingerprint density at radius 3 is 2.61 bits per heavy atom. The number of aromatic nitrogens is 1. The molecule has 0 atom stereocenters. The topological polar surface area (TPSA) is 69.2 Å². The molecule has 0 fully saturated rings. The van der Waals surface area contributed by atoms with Crippen molar-refractivity contribution in [3.8, 4) is 0 Å². The van der Waals surface area contributed by atoms with Crippen LogP contribution in [-0.2, 0) is 12.8 Å². The molecule has 0 radical (unpaired) electrons. The summed E-state index contributed by atoms with van der Waals surface area (Å²) in [6.45, 7) is 1.56. The van der Waals surface area contributed by atoms with Crippen LogP contribution in [0.5, 0.6) is 0 Å². The Hall–Kier alpha value is -1.88. The van der Waals surface area contributed by atoms with Gasteiger partial charge in [-0.2, -0.15) is 0 Å². The minimum Gasteiger partial charge on any atom is -0.354 e. The zero-order valence-electron chi connectivity index (χ0n) is 9.72. The lowest BCUT2D eigenvalue weighted by molar-refractivity contribution is -0.386. The summed E-state index contributed by atoms with van der Waals surface area (Å²) < 4.78 is 4.98. The highest BCUT2D eigenvalue weighted by Crippen LogP contribution is 2.24. The molecule has 0 aliphatic rings. The SMILES string of the molecule is Cc1noc(CCc2ccc(Cl)cc2)c1[N+](=O)[O-]. The van der Waals surface area contributed by atoms with E-state index < -0.39 is 4.92 Å². The Bertz CT molecular complexity index is 563. The molecule has 1 heterocycles. The lowest BCUT2D eigenvalue weighted by atomic mass is 10.1. The highest BCUT2D eigenvalue weighted by molar-refractivity contribution is 6.30. The van der Waals surface area contributed by atoms with Crippen molar-refractivity contribution in [2.24, 2.45) is 0 Å². The van der Waals surface area contributed by atoms with Gasteiger partial charge in [-0.1, -0.05) is 28.9 Å². The van der Waals surface area contributed by atoms with Crippen LogP contribution in [0.2, 0.25) is 5.02 Å². The zero-order valence-corrected chi connectivity index (χ0v) is 10.5. The lowest BCUT2D eigenvalue weighted by Gasteiger charge is -1.99. The normalized spacial score (nSPS) is 10.6. The van der Waals surface area contributed by atoms with Gasteiger partial charge in [0.2, 0.25) is 5.76 Å². The first kappa shape index (κ1) is 12.6. The molecule has 0 N–H and O–H groups in total. The number of hydrogen-bond donors (Lipinski definition) is 0. The van der Waals surface area contributed by atoms with Crippen LogP contribution in [0.3, 0.4) is 0 Å². The summed E-state index contributed by atoms with van der Waals surface area (Å²) in [5.41, 5.74) is 1.33. The molecule has 18 heavy (non-hydrogen) atoms. The Morgan fingerprint density at radius 2 is 2.00 bits per heavy atom. The number of hydrogen-bond acceptors (Lipinski definition) is 4. The van der Waals surface area contributed by atoms with Crippen molar-refractivity contribution in [1.82, 2.24) is 5.16 Å². The van der Waals surface area contributed by atoms with E-state index in [1.807, 2.05) is 12.1 Å². The van der Waals surface area contributed by atoms with Gasteiger partial charge >= 0.3 is 5.69 Å². The fraction of sp³-hybridized carbons (Fsp3) is 0.250. The van der Waals surface area contributed by atoms with Gasteiger partial charge in [-0.3, -0.25) is 10.1 Å². The fourth-order valence-electron chi connectivity index (χ4n) is 1.72. The van der Waals surface area contributed by atoms with Crippen molar-refractivity contribution >= 4 is 17.3 Å². The van der Waals surface area contributed by atoms with E-state index in [-0.39, 0.29) is 5.69 Å². The van der Waals surface area contributed by atoms with Crippen LogP contribution in [0.15, 0.2) is 28.8 Å². The summed E-state index contributed by atoms with van der Waals surface area (Å²) in [6, 6.07) is 7.35. The smallest absolute Gasteiger partial charge is 0.334 e. The van der Waals surface area contributed by atoms with Crippen LogP contribution in [-0.4, -0.2) is 10.1 Å². The summed E-state index contributed by atoms with van der Waals surface area (Å²) in [4.78, 5) is 10.4. The molecule has 0 aliphatic heterocycles. The maximum atomic E-state index is 10.8. The quantitative estimate of drug-likeness (QED) is 0.629. The summed E-state index contributed by atoms with van der Waals surface area (Å²) >= 11 is 5.78. The van der Waals surface area contributed by atoms with Gasteiger partial charge < -0.3 is 4.52 Å². The third kappa shape index (κ3) is 2.68. The van der Waals surface area contributed by atoms with E-state index in [9.17, 15) is 10.1 Å². The fourth-order valence-corrected chi connectivity index (χ4v) is 1.84. The zero-order chi connectivity index (χ0) is 13.1. The molecule has 0 spiro atoms. The van der Waals surface area contributed by atoms with Gasteiger partial charge in [-0.05, 0) is 31.0 Å². The monoisotopic (exact) mass is 266 g/mol. The standard InChI is InChI=1S/C12H11ClN2O3/c1-8-12(15(16)17)11(18-14-8)7-4-9-2-5-10(13)6-3-9/h2-3,5-6H,4,7H2,1H3. The molecule has 0 unspecified atom stereocenters. The summed E-state index contributed by atoms with van der Waals surface area (Å²) in [5.74, 6) is 0.312. The predicted molar refractivity (Wildman–Crippen MR) is 66.8 cm³/mol. The molecule has 0 saturated heterocycles. The third-order valence-electron chi connectivity index (χ3n) is 2.64. The molecule has 1 aromatic carbocycles. The first-order chi connectivity index (χ1) is 8.58. The summed E-state index contributed by atoms with van der Waals surface area (Å²) in [5, 5.41) is 15.1. The Labute approximate surface area is 109 Å². The lowest BCUT2D eigenvalue weighted by Crippen LogP contribution is -1.96. The van der Waals surface area contributed by atoms with Crippen LogP contribution in [0, 0.1) is 17.0 Å². The average molecular weight is 267 g/mol. The molecule has 1 aromatic heterocycles. The van der Waals surface area contributed by atoms with Crippen molar-refractivity contribution in [3.05, 3.63) is 56.4 Å². The van der Waals surface area contributed by atoms with Crippen molar-refractivity contribution < 1.29 is 9.45 Å². The second-order valence-corrected chi connectivity index (χ2v) is 4.36.